The number of nitrogens with zero attached hydrogens (tertiary/aromatic N) is 4. The Kier molecular flexibility index (Phi) is 3.13. The van der Waals surface area contributed by atoms with E-state index in [1.165, 1.54) is 5.69 Å². The van der Waals surface area contributed by atoms with E-state index < -0.39 is 0 Å². The highest BCUT2D eigenvalue weighted by Gasteiger charge is 2.15. The molecule has 2 heterocycles. The van der Waals surface area contributed by atoms with Crippen molar-refractivity contribution in [1.29, 1.82) is 0 Å². The quantitative estimate of drug-likeness (QED) is 0.822. The Morgan fingerprint density at radius 2 is 1.68 bits per heavy atom. The van der Waals surface area contributed by atoms with Gasteiger partial charge in [0, 0.05) is 31.9 Å². The summed E-state index contributed by atoms with van der Waals surface area (Å²) in [5.41, 5.74) is 8.69. The predicted molar refractivity (Wildman–Crippen MR) is 77.7 cm³/mol. The van der Waals surface area contributed by atoms with Crippen LogP contribution in [-0.4, -0.2) is 47.9 Å². The first kappa shape index (κ1) is 12.0. The highest BCUT2D eigenvalue weighted by molar-refractivity contribution is 5.48. The van der Waals surface area contributed by atoms with Gasteiger partial charge in [-0.1, -0.05) is 0 Å². The number of anilines is 2. The maximum Gasteiger partial charge on any atom is 0.0758 e. The lowest BCUT2D eigenvalue weighted by Gasteiger charge is -2.32. The predicted octanol–water partition coefficient (Wildman–Crippen LogP) is 1.21. The highest BCUT2D eigenvalue weighted by Crippen LogP contribution is 2.18. The molecule has 3 rings (SSSR count). The van der Waals surface area contributed by atoms with Gasteiger partial charge in [-0.05, 0) is 31.3 Å². The summed E-state index contributed by atoms with van der Waals surface area (Å²) in [6.07, 6.45) is 4.01. The maximum atomic E-state index is 5.70. The molecule has 0 atom stereocenters. The number of hydrogen-bond acceptors (Lipinski definition) is 4. The van der Waals surface area contributed by atoms with E-state index >= 15 is 0 Å². The number of nitrogens with two attached hydrogens (primary N) is 1. The van der Waals surface area contributed by atoms with E-state index in [1.807, 2.05) is 35.1 Å². The fourth-order valence-corrected chi connectivity index (χ4v) is 2.31. The standard InChI is InChI=1S/C14H19N5/c1-17-6-8-18(9-7-17)14-10-16-19(11-14)13-4-2-12(15)3-5-13/h2-5,10-11H,6-9,15H2,1H3. The third kappa shape index (κ3) is 2.56. The summed E-state index contributed by atoms with van der Waals surface area (Å²) in [5.74, 6) is 0. The molecule has 2 aromatic rings. The Morgan fingerprint density at radius 3 is 2.37 bits per heavy atom. The van der Waals surface area contributed by atoms with E-state index in [0.717, 1.165) is 37.6 Å². The number of benzene rings is 1. The zero-order valence-electron chi connectivity index (χ0n) is 11.2. The molecule has 5 heteroatoms. The monoisotopic (exact) mass is 257 g/mol. The van der Waals surface area contributed by atoms with Crippen LogP contribution >= 0.6 is 0 Å². The SMILES string of the molecule is CN1CCN(c2cnn(-c3ccc(N)cc3)c2)CC1. The Labute approximate surface area is 113 Å². The molecule has 0 radical (unpaired) electrons. The van der Waals surface area contributed by atoms with Crippen molar-refractivity contribution in [3.8, 4) is 5.69 Å². The largest absolute Gasteiger partial charge is 0.399 e. The summed E-state index contributed by atoms with van der Waals surface area (Å²) in [7, 11) is 2.16. The molecule has 1 aliphatic rings. The van der Waals surface area contributed by atoms with Crippen LogP contribution < -0.4 is 10.6 Å². The molecule has 19 heavy (non-hydrogen) atoms. The van der Waals surface area contributed by atoms with Crippen molar-refractivity contribution < 1.29 is 0 Å². The van der Waals surface area contributed by atoms with Crippen LogP contribution in [0.5, 0.6) is 0 Å². The topological polar surface area (TPSA) is 50.3 Å². The third-order valence-corrected chi connectivity index (χ3v) is 3.60. The Hall–Kier alpha value is -2.01. The first-order valence-corrected chi connectivity index (χ1v) is 6.56. The lowest BCUT2D eigenvalue weighted by Crippen LogP contribution is -2.44. The lowest BCUT2D eigenvalue weighted by molar-refractivity contribution is 0.313. The molecule has 0 unspecified atom stereocenters. The van der Waals surface area contributed by atoms with Crippen molar-refractivity contribution in [2.24, 2.45) is 0 Å². The summed E-state index contributed by atoms with van der Waals surface area (Å²) >= 11 is 0. The number of aromatic nitrogens is 2. The van der Waals surface area contributed by atoms with Gasteiger partial charge >= 0.3 is 0 Å². The second-order valence-corrected chi connectivity index (χ2v) is 5.02. The third-order valence-electron chi connectivity index (χ3n) is 3.60. The van der Waals surface area contributed by atoms with Gasteiger partial charge < -0.3 is 15.5 Å². The first-order chi connectivity index (χ1) is 9.22. The van der Waals surface area contributed by atoms with Gasteiger partial charge in [-0.25, -0.2) is 4.68 Å². The van der Waals surface area contributed by atoms with Gasteiger partial charge in [-0.2, -0.15) is 5.10 Å². The molecule has 1 aromatic heterocycles. The zero-order valence-corrected chi connectivity index (χ0v) is 11.2. The molecule has 100 valence electrons. The van der Waals surface area contributed by atoms with Crippen LogP contribution in [0.2, 0.25) is 0 Å². The van der Waals surface area contributed by atoms with Gasteiger partial charge in [0.25, 0.3) is 0 Å². The van der Waals surface area contributed by atoms with E-state index in [0.29, 0.717) is 0 Å². The molecule has 1 aromatic carbocycles. The number of hydrogen-bond donors (Lipinski definition) is 1. The molecule has 0 saturated carbocycles. The fourth-order valence-electron chi connectivity index (χ4n) is 2.31. The Balaban J connectivity index is 1.77. The first-order valence-electron chi connectivity index (χ1n) is 6.56. The molecule has 1 fully saturated rings. The van der Waals surface area contributed by atoms with E-state index in [9.17, 15) is 0 Å². The van der Waals surface area contributed by atoms with E-state index in [-0.39, 0.29) is 0 Å². The van der Waals surface area contributed by atoms with Gasteiger partial charge in [-0.3, -0.25) is 0 Å². The molecule has 5 nitrogen and oxygen atoms in total. The summed E-state index contributed by atoms with van der Waals surface area (Å²) < 4.78 is 1.90. The fraction of sp³-hybridized carbons (Fsp3) is 0.357. The molecule has 0 aliphatic carbocycles. The lowest BCUT2D eigenvalue weighted by atomic mass is 10.3. The molecular formula is C14H19N5. The second kappa shape index (κ2) is 4.93. The normalized spacial score (nSPS) is 16.8. The van der Waals surface area contributed by atoms with E-state index in [2.05, 4.69) is 28.1 Å². The van der Waals surface area contributed by atoms with Crippen LogP contribution in [0.1, 0.15) is 0 Å². The van der Waals surface area contributed by atoms with Crippen LogP contribution in [0.25, 0.3) is 5.69 Å². The van der Waals surface area contributed by atoms with E-state index in [4.69, 9.17) is 5.73 Å². The van der Waals surface area contributed by atoms with Crippen molar-refractivity contribution in [2.75, 3.05) is 43.9 Å². The van der Waals surface area contributed by atoms with Crippen LogP contribution in [0.4, 0.5) is 11.4 Å². The van der Waals surface area contributed by atoms with Crippen LogP contribution in [0, 0.1) is 0 Å². The van der Waals surface area contributed by atoms with Crippen LogP contribution in [0.3, 0.4) is 0 Å². The minimum atomic E-state index is 0.773. The number of nitrogen functional groups attached to an aromatic ring is 1. The molecular weight excluding hydrogens is 238 g/mol. The van der Waals surface area contributed by atoms with Gasteiger partial charge in [-0.15, -0.1) is 0 Å². The minimum Gasteiger partial charge on any atom is -0.399 e. The van der Waals surface area contributed by atoms with Gasteiger partial charge in [0.05, 0.1) is 23.8 Å². The van der Waals surface area contributed by atoms with Crippen LogP contribution in [0.15, 0.2) is 36.7 Å². The van der Waals surface area contributed by atoms with Crippen molar-refractivity contribution in [3.63, 3.8) is 0 Å². The average Bonchev–Trinajstić information content (AvgIpc) is 2.90. The van der Waals surface area contributed by atoms with Gasteiger partial charge in [0.15, 0.2) is 0 Å². The van der Waals surface area contributed by atoms with Gasteiger partial charge in [0.1, 0.15) is 0 Å². The summed E-state index contributed by atoms with van der Waals surface area (Å²) in [6, 6.07) is 7.76. The molecule has 1 aliphatic heterocycles. The number of piperazine rings is 1. The average molecular weight is 257 g/mol. The molecule has 0 bridgehead atoms. The molecule has 0 spiro atoms. The minimum absolute atomic E-state index is 0.773. The summed E-state index contributed by atoms with van der Waals surface area (Å²) in [4.78, 5) is 4.72. The Bertz CT molecular complexity index is 537. The molecule has 1 saturated heterocycles. The number of rotatable bonds is 2. The van der Waals surface area contributed by atoms with Crippen molar-refractivity contribution in [1.82, 2.24) is 14.7 Å². The maximum absolute atomic E-state index is 5.70. The Morgan fingerprint density at radius 1 is 1.00 bits per heavy atom. The summed E-state index contributed by atoms with van der Waals surface area (Å²) in [5, 5.41) is 4.43. The van der Waals surface area contributed by atoms with Crippen LogP contribution in [-0.2, 0) is 0 Å². The van der Waals surface area contributed by atoms with Crippen molar-refractivity contribution in [3.05, 3.63) is 36.7 Å². The second-order valence-electron chi connectivity index (χ2n) is 5.02. The zero-order chi connectivity index (χ0) is 13.2. The van der Waals surface area contributed by atoms with E-state index in [1.54, 1.807) is 0 Å². The smallest absolute Gasteiger partial charge is 0.0758 e. The molecule has 0 amide bonds. The highest BCUT2D eigenvalue weighted by atomic mass is 15.3. The molecule has 2 N–H and O–H groups in total. The number of likely N-dealkylation sites (N-methyl/N-ethyl adjacent to an activating group) is 1. The van der Waals surface area contributed by atoms with Crippen molar-refractivity contribution in [2.45, 2.75) is 0 Å². The van der Waals surface area contributed by atoms with Crippen molar-refractivity contribution >= 4 is 11.4 Å². The summed E-state index contributed by atoms with van der Waals surface area (Å²) in [6.45, 7) is 4.33. The van der Waals surface area contributed by atoms with Gasteiger partial charge in [0.2, 0.25) is 0 Å².